The fourth-order valence-electron chi connectivity index (χ4n) is 1.84. The van der Waals surface area contributed by atoms with Crippen LogP contribution in [0.2, 0.25) is 0 Å². The molecule has 0 radical (unpaired) electrons. The average molecular weight is 226 g/mol. The van der Waals surface area contributed by atoms with E-state index in [-0.39, 0.29) is 0 Å². The maximum Gasteiger partial charge on any atom is 0.0572 e. The molecular weight excluding hydrogens is 196 g/mol. The van der Waals surface area contributed by atoms with E-state index in [0.717, 1.165) is 13.0 Å². The summed E-state index contributed by atoms with van der Waals surface area (Å²) in [4.78, 5) is 0. The summed E-state index contributed by atoms with van der Waals surface area (Å²) in [6.45, 7) is 7.43. The molecule has 0 amide bonds. The van der Waals surface area contributed by atoms with Gasteiger partial charge in [0.2, 0.25) is 0 Å². The van der Waals surface area contributed by atoms with Crippen molar-refractivity contribution < 1.29 is 4.74 Å². The first-order valence-corrected chi connectivity index (χ1v) is 7.07. The summed E-state index contributed by atoms with van der Waals surface area (Å²) in [5, 5.41) is 0. The minimum absolute atomic E-state index is 0.510. The van der Waals surface area contributed by atoms with Crippen LogP contribution in [0, 0.1) is 0 Å². The van der Waals surface area contributed by atoms with Crippen molar-refractivity contribution in [1.82, 2.24) is 0 Å². The van der Waals surface area contributed by atoms with Crippen molar-refractivity contribution in [3.05, 3.63) is 12.2 Å². The Kier molecular flexibility index (Phi) is 12.5. The van der Waals surface area contributed by atoms with Crippen LogP contribution in [0.4, 0.5) is 0 Å². The Morgan fingerprint density at radius 1 is 1.06 bits per heavy atom. The first kappa shape index (κ1) is 15.7. The molecule has 0 aliphatic rings. The van der Waals surface area contributed by atoms with Gasteiger partial charge in [-0.15, -0.1) is 0 Å². The highest BCUT2D eigenvalue weighted by molar-refractivity contribution is 4.76. The molecule has 0 aliphatic carbocycles. The quantitative estimate of drug-likeness (QED) is 0.351. The number of allylic oxidation sites excluding steroid dienone is 2. The van der Waals surface area contributed by atoms with Gasteiger partial charge in [-0.25, -0.2) is 0 Å². The number of unbranched alkanes of at least 4 members (excludes halogenated alkanes) is 4. The van der Waals surface area contributed by atoms with Crippen LogP contribution in [-0.2, 0) is 4.74 Å². The van der Waals surface area contributed by atoms with Crippen LogP contribution in [0.25, 0.3) is 0 Å². The molecule has 96 valence electrons. The molecule has 0 aromatic rings. The Bertz CT molecular complexity index is 152. The maximum atomic E-state index is 5.77. The van der Waals surface area contributed by atoms with Crippen molar-refractivity contribution in [2.45, 2.75) is 78.2 Å². The van der Waals surface area contributed by atoms with Gasteiger partial charge in [0.1, 0.15) is 0 Å². The van der Waals surface area contributed by atoms with E-state index in [4.69, 9.17) is 4.74 Å². The fourth-order valence-corrected chi connectivity index (χ4v) is 1.84. The summed E-state index contributed by atoms with van der Waals surface area (Å²) in [5.41, 5.74) is 0. The van der Waals surface area contributed by atoms with Crippen LogP contribution in [0.3, 0.4) is 0 Å². The Hall–Kier alpha value is -0.300. The van der Waals surface area contributed by atoms with Gasteiger partial charge >= 0.3 is 0 Å². The topological polar surface area (TPSA) is 9.23 Å². The first-order valence-electron chi connectivity index (χ1n) is 7.07. The highest BCUT2D eigenvalue weighted by Gasteiger charge is 2.04. The summed E-state index contributed by atoms with van der Waals surface area (Å²) in [6.07, 6.45) is 15.1. The highest BCUT2D eigenvalue weighted by atomic mass is 16.5. The lowest BCUT2D eigenvalue weighted by Gasteiger charge is -2.15. The van der Waals surface area contributed by atoms with E-state index in [1.807, 2.05) is 0 Å². The van der Waals surface area contributed by atoms with Crippen LogP contribution in [0.15, 0.2) is 12.2 Å². The van der Waals surface area contributed by atoms with Crippen LogP contribution in [0.1, 0.15) is 72.1 Å². The lowest BCUT2D eigenvalue weighted by atomic mass is 10.1. The Balaban J connectivity index is 3.27. The van der Waals surface area contributed by atoms with E-state index in [9.17, 15) is 0 Å². The van der Waals surface area contributed by atoms with Gasteiger partial charge in [0, 0.05) is 6.61 Å². The lowest BCUT2D eigenvalue weighted by molar-refractivity contribution is 0.0436. The zero-order chi connectivity index (χ0) is 12.1. The van der Waals surface area contributed by atoms with Crippen molar-refractivity contribution in [2.75, 3.05) is 6.61 Å². The molecule has 1 heteroatoms. The van der Waals surface area contributed by atoms with E-state index in [2.05, 4.69) is 32.9 Å². The molecule has 0 N–H and O–H groups in total. The van der Waals surface area contributed by atoms with E-state index < -0.39 is 0 Å². The molecule has 0 bridgehead atoms. The molecule has 0 spiro atoms. The second-order valence-electron chi connectivity index (χ2n) is 4.46. The van der Waals surface area contributed by atoms with E-state index in [1.165, 1.54) is 44.9 Å². The third kappa shape index (κ3) is 10.2. The molecule has 0 aromatic heterocycles. The fraction of sp³-hybridized carbons (Fsp3) is 0.867. The first-order chi connectivity index (χ1) is 7.85. The Morgan fingerprint density at radius 2 is 1.81 bits per heavy atom. The molecule has 0 aromatic carbocycles. The van der Waals surface area contributed by atoms with Gasteiger partial charge in [0.15, 0.2) is 0 Å². The molecule has 1 atom stereocenters. The van der Waals surface area contributed by atoms with E-state index >= 15 is 0 Å². The smallest absolute Gasteiger partial charge is 0.0572 e. The maximum absolute atomic E-state index is 5.77. The summed E-state index contributed by atoms with van der Waals surface area (Å²) in [7, 11) is 0. The van der Waals surface area contributed by atoms with Gasteiger partial charge in [0.25, 0.3) is 0 Å². The third-order valence-electron chi connectivity index (χ3n) is 2.90. The van der Waals surface area contributed by atoms with Crippen molar-refractivity contribution >= 4 is 0 Å². The van der Waals surface area contributed by atoms with Gasteiger partial charge in [-0.05, 0) is 39.0 Å². The van der Waals surface area contributed by atoms with Crippen LogP contribution in [0.5, 0.6) is 0 Å². The molecule has 1 unspecified atom stereocenters. The SMILES string of the molecule is C/C=C/CCCCCCC(CC)OCCC. The van der Waals surface area contributed by atoms with Gasteiger partial charge in [0.05, 0.1) is 6.10 Å². The molecule has 1 nitrogen and oxygen atoms in total. The molecule has 16 heavy (non-hydrogen) atoms. The molecule has 0 aliphatic heterocycles. The molecule has 0 saturated heterocycles. The predicted octanol–water partition coefficient (Wildman–Crippen LogP) is 5.11. The monoisotopic (exact) mass is 226 g/mol. The molecular formula is C15H30O. The van der Waals surface area contributed by atoms with Gasteiger partial charge in [-0.1, -0.05) is 45.3 Å². The number of ether oxygens (including phenoxy) is 1. The molecule has 0 saturated carbocycles. The zero-order valence-corrected chi connectivity index (χ0v) is 11.5. The Labute approximate surface area is 102 Å². The Morgan fingerprint density at radius 3 is 2.44 bits per heavy atom. The summed E-state index contributed by atoms with van der Waals surface area (Å²) >= 11 is 0. The van der Waals surface area contributed by atoms with Crippen LogP contribution < -0.4 is 0 Å². The largest absolute Gasteiger partial charge is 0.378 e. The zero-order valence-electron chi connectivity index (χ0n) is 11.5. The third-order valence-corrected chi connectivity index (χ3v) is 2.90. The number of hydrogen-bond acceptors (Lipinski definition) is 1. The average Bonchev–Trinajstić information content (AvgIpc) is 2.32. The minimum Gasteiger partial charge on any atom is -0.378 e. The summed E-state index contributed by atoms with van der Waals surface area (Å²) in [5.74, 6) is 0. The number of hydrogen-bond donors (Lipinski definition) is 0. The number of rotatable bonds is 11. The molecule has 0 rings (SSSR count). The van der Waals surface area contributed by atoms with Crippen LogP contribution in [-0.4, -0.2) is 12.7 Å². The van der Waals surface area contributed by atoms with Gasteiger partial charge in [-0.3, -0.25) is 0 Å². The van der Waals surface area contributed by atoms with Crippen molar-refractivity contribution in [2.24, 2.45) is 0 Å². The lowest BCUT2D eigenvalue weighted by Crippen LogP contribution is -2.12. The minimum atomic E-state index is 0.510. The van der Waals surface area contributed by atoms with E-state index in [0.29, 0.717) is 6.10 Å². The standard InChI is InChI=1S/C15H30O/c1-4-7-8-9-10-11-12-13-15(6-3)16-14-5-2/h4,7,15H,5-6,8-14H2,1-3H3/b7-4+. The summed E-state index contributed by atoms with van der Waals surface area (Å²) < 4.78 is 5.77. The van der Waals surface area contributed by atoms with Gasteiger partial charge in [-0.2, -0.15) is 0 Å². The molecule has 0 heterocycles. The van der Waals surface area contributed by atoms with Crippen molar-refractivity contribution in [3.63, 3.8) is 0 Å². The van der Waals surface area contributed by atoms with Crippen molar-refractivity contribution in [3.8, 4) is 0 Å². The van der Waals surface area contributed by atoms with Gasteiger partial charge < -0.3 is 4.74 Å². The van der Waals surface area contributed by atoms with E-state index in [1.54, 1.807) is 0 Å². The van der Waals surface area contributed by atoms with Crippen LogP contribution >= 0.6 is 0 Å². The highest BCUT2D eigenvalue weighted by Crippen LogP contribution is 2.12. The van der Waals surface area contributed by atoms with Crippen molar-refractivity contribution in [1.29, 1.82) is 0 Å². The summed E-state index contributed by atoms with van der Waals surface area (Å²) in [6, 6.07) is 0. The second kappa shape index (κ2) is 12.8. The predicted molar refractivity (Wildman–Crippen MR) is 72.8 cm³/mol. The normalized spacial score (nSPS) is 13.4. The molecule has 0 fully saturated rings. The second-order valence-corrected chi connectivity index (χ2v) is 4.46.